The zero-order chi connectivity index (χ0) is 20.0. The highest BCUT2D eigenvalue weighted by molar-refractivity contribution is 5.92. The molecule has 0 aromatic rings. The van der Waals surface area contributed by atoms with Gasteiger partial charge >= 0.3 is 5.97 Å². The standard InChI is InChI=1S/C21H32O6/c1-12-7-6-8-13(2)15-9-10-20(4,26-15)18(23)17(22)16-14(3)19(24)27-21(16,11-12)25-5/h7,13,15,17-18,22-23H,6,8-11H2,1-5H3. The van der Waals surface area contributed by atoms with E-state index in [-0.39, 0.29) is 11.7 Å². The van der Waals surface area contributed by atoms with E-state index in [1.54, 1.807) is 6.92 Å². The van der Waals surface area contributed by atoms with Crippen molar-refractivity contribution in [2.24, 2.45) is 5.92 Å². The van der Waals surface area contributed by atoms with Gasteiger partial charge in [0.2, 0.25) is 5.79 Å². The lowest BCUT2D eigenvalue weighted by atomic mass is 9.82. The monoisotopic (exact) mass is 380 g/mol. The molecule has 3 heterocycles. The van der Waals surface area contributed by atoms with Crippen LogP contribution in [0.25, 0.3) is 0 Å². The number of carbonyl (C=O) groups is 1. The number of aliphatic hydroxyl groups is 2. The van der Waals surface area contributed by atoms with Crippen molar-refractivity contribution in [2.75, 3.05) is 7.11 Å². The molecule has 6 nitrogen and oxygen atoms in total. The van der Waals surface area contributed by atoms with E-state index in [2.05, 4.69) is 13.0 Å². The molecule has 0 radical (unpaired) electrons. The summed E-state index contributed by atoms with van der Waals surface area (Å²) in [5.41, 5.74) is 0.725. The Morgan fingerprint density at radius 1 is 1.26 bits per heavy atom. The lowest BCUT2D eigenvalue weighted by Gasteiger charge is -2.38. The van der Waals surface area contributed by atoms with Crippen LogP contribution in [0, 0.1) is 5.92 Å². The smallest absolute Gasteiger partial charge is 0.336 e. The molecule has 0 spiro atoms. The molecular weight excluding hydrogens is 348 g/mol. The van der Waals surface area contributed by atoms with E-state index in [1.807, 2.05) is 13.8 Å². The van der Waals surface area contributed by atoms with Crippen LogP contribution in [0.2, 0.25) is 0 Å². The van der Waals surface area contributed by atoms with Gasteiger partial charge < -0.3 is 24.4 Å². The van der Waals surface area contributed by atoms with Gasteiger partial charge in [0.25, 0.3) is 0 Å². The fraction of sp³-hybridized carbons (Fsp3) is 0.762. The highest BCUT2D eigenvalue weighted by Crippen LogP contribution is 2.45. The third-order valence-electron chi connectivity index (χ3n) is 6.54. The fourth-order valence-corrected chi connectivity index (χ4v) is 4.70. The van der Waals surface area contributed by atoms with Gasteiger partial charge in [-0.25, -0.2) is 4.79 Å². The van der Waals surface area contributed by atoms with Gasteiger partial charge in [-0.3, -0.25) is 0 Å². The van der Waals surface area contributed by atoms with Crippen LogP contribution in [-0.4, -0.2) is 53.0 Å². The Kier molecular flexibility index (Phi) is 5.56. The number of hydrogen-bond donors (Lipinski definition) is 2. The van der Waals surface area contributed by atoms with Crippen LogP contribution in [0.15, 0.2) is 22.8 Å². The summed E-state index contributed by atoms with van der Waals surface area (Å²) in [6, 6.07) is 0. The number of esters is 1. The summed E-state index contributed by atoms with van der Waals surface area (Å²) in [6.45, 7) is 7.58. The Morgan fingerprint density at radius 2 is 1.96 bits per heavy atom. The van der Waals surface area contributed by atoms with Crippen LogP contribution in [0.5, 0.6) is 0 Å². The van der Waals surface area contributed by atoms with Crippen molar-refractivity contribution in [3.63, 3.8) is 0 Å². The van der Waals surface area contributed by atoms with Crippen LogP contribution in [0.1, 0.15) is 59.8 Å². The summed E-state index contributed by atoms with van der Waals surface area (Å²) in [6.07, 6.45) is 3.35. The predicted molar refractivity (Wildman–Crippen MR) is 99.8 cm³/mol. The largest absolute Gasteiger partial charge is 0.425 e. The maximum atomic E-state index is 12.3. The summed E-state index contributed by atoms with van der Waals surface area (Å²) in [4.78, 5) is 12.3. The molecule has 152 valence electrons. The topological polar surface area (TPSA) is 85.2 Å². The fourth-order valence-electron chi connectivity index (χ4n) is 4.70. The number of carbonyl (C=O) groups excluding carboxylic acids is 1. The lowest BCUT2D eigenvalue weighted by Crippen LogP contribution is -2.51. The van der Waals surface area contributed by atoms with E-state index < -0.39 is 29.6 Å². The van der Waals surface area contributed by atoms with Crippen molar-refractivity contribution in [3.8, 4) is 0 Å². The molecule has 2 bridgehead atoms. The second-order valence-corrected chi connectivity index (χ2v) is 8.56. The second-order valence-electron chi connectivity index (χ2n) is 8.56. The molecule has 2 N–H and O–H groups in total. The molecule has 6 heteroatoms. The molecule has 0 aliphatic carbocycles. The van der Waals surface area contributed by atoms with Gasteiger partial charge in [-0.05, 0) is 52.4 Å². The number of aliphatic hydroxyl groups excluding tert-OH is 2. The summed E-state index contributed by atoms with van der Waals surface area (Å²) in [7, 11) is 1.46. The zero-order valence-electron chi connectivity index (χ0n) is 16.9. The molecule has 3 aliphatic rings. The second kappa shape index (κ2) is 7.32. The molecule has 6 atom stereocenters. The van der Waals surface area contributed by atoms with Crippen molar-refractivity contribution in [2.45, 2.75) is 89.5 Å². The highest BCUT2D eigenvalue weighted by Gasteiger charge is 2.55. The minimum absolute atomic E-state index is 0.0510. The third kappa shape index (κ3) is 3.48. The first kappa shape index (κ1) is 20.5. The third-order valence-corrected chi connectivity index (χ3v) is 6.54. The number of hydrogen-bond acceptors (Lipinski definition) is 6. The van der Waals surface area contributed by atoms with Crippen molar-refractivity contribution in [1.29, 1.82) is 0 Å². The molecule has 6 unspecified atom stereocenters. The normalized spacial score (nSPS) is 43.4. The summed E-state index contributed by atoms with van der Waals surface area (Å²) >= 11 is 0. The van der Waals surface area contributed by atoms with E-state index in [9.17, 15) is 15.0 Å². The Hall–Kier alpha value is -1.21. The zero-order valence-corrected chi connectivity index (χ0v) is 16.9. The summed E-state index contributed by atoms with van der Waals surface area (Å²) in [5, 5.41) is 22.1. The van der Waals surface area contributed by atoms with Crippen LogP contribution < -0.4 is 0 Å². The number of rotatable bonds is 1. The molecule has 3 aliphatic heterocycles. The first-order valence-corrected chi connectivity index (χ1v) is 9.83. The van der Waals surface area contributed by atoms with Gasteiger partial charge in [-0.15, -0.1) is 0 Å². The minimum Gasteiger partial charge on any atom is -0.425 e. The van der Waals surface area contributed by atoms with Gasteiger partial charge in [0, 0.05) is 24.7 Å². The predicted octanol–water partition coefficient (Wildman–Crippen LogP) is 2.63. The average molecular weight is 380 g/mol. The minimum atomic E-state index is -1.39. The van der Waals surface area contributed by atoms with Gasteiger partial charge in [-0.1, -0.05) is 18.6 Å². The summed E-state index contributed by atoms with van der Waals surface area (Å²) < 4.78 is 17.5. The Bertz CT molecular complexity index is 668. The van der Waals surface area contributed by atoms with Gasteiger partial charge in [-0.2, -0.15) is 0 Å². The van der Waals surface area contributed by atoms with Crippen LogP contribution in [0.3, 0.4) is 0 Å². The van der Waals surface area contributed by atoms with E-state index >= 15 is 0 Å². The molecule has 1 saturated heterocycles. The van der Waals surface area contributed by atoms with Crippen molar-refractivity contribution < 1.29 is 29.2 Å². The number of allylic oxidation sites excluding steroid dienone is 1. The first-order valence-electron chi connectivity index (χ1n) is 9.83. The lowest BCUT2D eigenvalue weighted by molar-refractivity contribution is -0.201. The summed E-state index contributed by atoms with van der Waals surface area (Å²) in [5.74, 6) is -1.56. The molecule has 0 aromatic carbocycles. The molecule has 27 heavy (non-hydrogen) atoms. The van der Waals surface area contributed by atoms with Crippen molar-refractivity contribution in [3.05, 3.63) is 22.8 Å². The quantitative estimate of drug-likeness (QED) is 0.537. The van der Waals surface area contributed by atoms with Crippen LogP contribution in [0.4, 0.5) is 0 Å². The molecule has 3 rings (SSSR count). The number of fused-ring (bicyclic) bond motifs is 3. The molecule has 0 saturated carbocycles. The Balaban J connectivity index is 2.07. The maximum absolute atomic E-state index is 12.3. The number of ether oxygens (including phenoxy) is 3. The molecule has 0 aromatic heterocycles. The molecule has 0 amide bonds. The van der Waals surface area contributed by atoms with Crippen molar-refractivity contribution >= 4 is 5.97 Å². The van der Waals surface area contributed by atoms with E-state index in [0.29, 0.717) is 24.3 Å². The first-order chi connectivity index (χ1) is 12.6. The van der Waals surface area contributed by atoms with Crippen molar-refractivity contribution in [1.82, 2.24) is 0 Å². The van der Waals surface area contributed by atoms with E-state index in [0.717, 1.165) is 24.8 Å². The highest BCUT2D eigenvalue weighted by atomic mass is 16.7. The van der Waals surface area contributed by atoms with Gasteiger partial charge in [0.15, 0.2) is 0 Å². The Labute approximate surface area is 161 Å². The molecular formula is C21H32O6. The van der Waals surface area contributed by atoms with Gasteiger partial charge in [0.05, 0.1) is 11.7 Å². The number of methoxy groups -OCH3 is 1. The van der Waals surface area contributed by atoms with Gasteiger partial charge in [0.1, 0.15) is 12.2 Å². The van der Waals surface area contributed by atoms with E-state index in [4.69, 9.17) is 14.2 Å². The Morgan fingerprint density at radius 3 is 2.63 bits per heavy atom. The SMILES string of the molecule is COC12CC(C)=CCCC(C)C3CCC(C)(O3)C(O)C(O)C1=C(C)C(=O)O2. The average Bonchev–Trinajstić information content (AvgIpc) is 3.13. The van der Waals surface area contributed by atoms with Crippen LogP contribution >= 0.6 is 0 Å². The van der Waals surface area contributed by atoms with Crippen LogP contribution in [-0.2, 0) is 19.0 Å². The molecule has 1 fully saturated rings. The maximum Gasteiger partial charge on any atom is 0.336 e. The van der Waals surface area contributed by atoms with E-state index in [1.165, 1.54) is 7.11 Å².